The van der Waals surface area contributed by atoms with Crippen molar-refractivity contribution in [3.05, 3.63) is 0 Å². The van der Waals surface area contributed by atoms with Gasteiger partial charge < -0.3 is 9.47 Å². The highest BCUT2D eigenvalue weighted by Gasteiger charge is 2.82. The minimum absolute atomic E-state index is 0.479. The molecule has 2 aliphatic carbocycles. The second kappa shape index (κ2) is 10.3. The van der Waals surface area contributed by atoms with Gasteiger partial charge in [0, 0.05) is 0 Å². The molecule has 0 aromatic carbocycles. The highest BCUT2D eigenvalue weighted by Crippen LogP contribution is 2.52. The average Bonchev–Trinajstić information content (AvgIpc) is 3.25. The highest BCUT2D eigenvalue weighted by atomic mass is 32.2. The molecule has 0 spiro atoms. The Kier molecular flexibility index (Phi) is 8.73. The number of ether oxygens (including phenoxy) is 2. The van der Waals surface area contributed by atoms with Crippen LogP contribution in [-0.2, 0) is 39.0 Å². The Bertz CT molecular complexity index is 1050. The number of hydrogen-bond donors (Lipinski definition) is 1. The summed E-state index contributed by atoms with van der Waals surface area (Å²) in [6, 6.07) is 0. The Labute approximate surface area is 203 Å². The number of carbonyl (C=O) groups excluding carboxylic acids is 2. The van der Waals surface area contributed by atoms with Crippen molar-refractivity contribution >= 4 is 31.9 Å². The van der Waals surface area contributed by atoms with E-state index in [-0.39, 0.29) is 0 Å². The summed E-state index contributed by atoms with van der Waals surface area (Å²) >= 11 is 0. The van der Waals surface area contributed by atoms with Crippen LogP contribution in [-0.4, -0.2) is 67.2 Å². The van der Waals surface area contributed by atoms with Crippen LogP contribution in [0.5, 0.6) is 0 Å². The summed E-state index contributed by atoms with van der Waals surface area (Å²) < 4.78 is 146. The molecule has 0 aromatic heterocycles. The summed E-state index contributed by atoms with van der Waals surface area (Å²) in [5.41, 5.74) is -0.643. The molecule has 1 N–H and O–H groups in total. The van der Waals surface area contributed by atoms with E-state index in [1.54, 1.807) is 0 Å². The summed E-state index contributed by atoms with van der Waals surface area (Å²) in [6.07, 6.45) is 0.967. The van der Waals surface area contributed by atoms with Gasteiger partial charge >= 0.3 is 38.5 Å². The van der Waals surface area contributed by atoms with Crippen molar-refractivity contribution in [3.8, 4) is 0 Å². The zero-order valence-corrected chi connectivity index (χ0v) is 20.7. The van der Waals surface area contributed by atoms with E-state index < -0.39 is 97.4 Å². The first-order valence-corrected chi connectivity index (χ1v) is 14.0. The summed E-state index contributed by atoms with van der Waals surface area (Å²) in [5, 5.41) is -15.7. The number of sulfone groups is 1. The zero-order valence-electron chi connectivity index (χ0n) is 19.0. The van der Waals surface area contributed by atoms with Crippen LogP contribution in [0.15, 0.2) is 0 Å². The van der Waals surface area contributed by atoms with Crippen molar-refractivity contribution in [2.24, 2.45) is 5.92 Å². The van der Waals surface area contributed by atoms with Crippen molar-refractivity contribution in [1.82, 2.24) is 0 Å². The standard InChI is InChI=1S/C19H26F6O9S2/c1-2-16(9-3-4-10-16)34-14(26)11-33-15(27)12-5-7-13(8-6-12)35(28,29)18(22,23)17(20,21)19(24,25)36(30,31)32/h12-13H,2-11H2,1H3,(H,30,31,32). The third kappa shape index (κ3) is 5.47. The number of rotatable bonds is 10. The Balaban J connectivity index is 2.00. The largest absolute Gasteiger partial charge is 0.457 e. The summed E-state index contributed by atoms with van der Waals surface area (Å²) in [7, 11) is -13.5. The van der Waals surface area contributed by atoms with Crippen LogP contribution < -0.4 is 0 Å². The quantitative estimate of drug-likeness (QED) is 0.235. The fraction of sp³-hybridized carbons (Fsp3) is 0.895. The molecular formula is C19H26F6O9S2. The number of esters is 2. The summed E-state index contributed by atoms with van der Waals surface area (Å²) in [4.78, 5) is 24.2. The van der Waals surface area contributed by atoms with Crippen molar-refractivity contribution in [1.29, 1.82) is 0 Å². The molecule has 2 aliphatic rings. The van der Waals surface area contributed by atoms with Crippen molar-refractivity contribution in [2.45, 2.75) is 92.0 Å². The van der Waals surface area contributed by atoms with Gasteiger partial charge in [-0.05, 0) is 57.8 Å². The van der Waals surface area contributed by atoms with Crippen LogP contribution in [0.1, 0.15) is 64.7 Å². The average molecular weight is 577 g/mol. The van der Waals surface area contributed by atoms with E-state index in [4.69, 9.17) is 14.0 Å². The van der Waals surface area contributed by atoms with E-state index in [0.29, 0.717) is 19.3 Å². The molecule has 0 aliphatic heterocycles. The Morgan fingerprint density at radius 1 is 0.917 bits per heavy atom. The normalized spacial score (nSPS) is 23.8. The van der Waals surface area contributed by atoms with Crippen LogP contribution in [0.25, 0.3) is 0 Å². The predicted molar refractivity (Wildman–Crippen MR) is 110 cm³/mol. The van der Waals surface area contributed by atoms with Crippen LogP contribution in [0.2, 0.25) is 0 Å². The molecule has 0 atom stereocenters. The van der Waals surface area contributed by atoms with Crippen LogP contribution in [0, 0.1) is 5.92 Å². The van der Waals surface area contributed by atoms with Crippen molar-refractivity contribution in [2.75, 3.05) is 6.61 Å². The number of halogens is 6. The molecule has 0 bridgehead atoms. The molecule has 2 saturated carbocycles. The molecule has 36 heavy (non-hydrogen) atoms. The maximum atomic E-state index is 14.1. The fourth-order valence-corrected chi connectivity index (χ4v) is 6.71. The van der Waals surface area contributed by atoms with Gasteiger partial charge in [-0.1, -0.05) is 6.92 Å². The smallest absolute Gasteiger partial charge is 0.439 e. The van der Waals surface area contributed by atoms with Crippen LogP contribution in [0.4, 0.5) is 26.3 Å². The maximum Gasteiger partial charge on any atom is 0.439 e. The van der Waals surface area contributed by atoms with Gasteiger partial charge in [0.2, 0.25) is 9.84 Å². The molecular weight excluding hydrogens is 550 g/mol. The molecule has 0 unspecified atom stereocenters. The molecule has 2 fully saturated rings. The van der Waals surface area contributed by atoms with Crippen molar-refractivity contribution < 1.29 is 66.8 Å². The lowest BCUT2D eigenvalue weighted by molar-refractivity contribution is -0.245. The first kappa shape index (κ1) is 30.6. The molecule has 9 nitrogen and oxygen atoms in total. The summed E-state index contributed by atoms with van der Waals surface area (Å²) in [6.45, 7) is 1.08. The van der Waals surface area contributed by atoms with E-state index in [2.05, 4.69) is 0 Å². The number of hydrogen-bond acceptors (Lipinski definition) is 8. The molecule has 2 rings (SSSR count). The zero-order chi connectivity index (χ0) is 27.8. The first-order valence-electron chi connectivity index (χ1n) is 11.0. The minimum Gasteiger partial charge on any atom is -0.457 e. The topological polar surface area (TPSA) is 141 Å². The molecule has 0 aromatic rings. The van der Waals surface area contributed by atoms with E-state index in [1.165, 1.54) is 0 Å². The molecule has 210 valence electrons. The Hall–Kier alpha value is -1.62. The highest BCUT2D eigenvalue weighted by molar-refractivity contribution is 7.93. The monoisotopic (exact) mass is 576 g/mol. The van der Waals surface area contributed by atoms with Crippen LogP contribution >= 0.6 is 0 Å². The van der Waals surface area contributed by atoms with Crippen molar-refractivity contribution in [3.63, 3.8) is 0 Å². The molecule has 0 amide bonds. The number of carbonyl (C=O) groups is 2. The molecule has 17 heteroatoms. The van der Waals surface area contributed by atoms with E-state index >= 15 is 0 Å². The molecule has 0 radical (unpaired) electrons. The second-order valence-corrected chi connectivity index (χ2v) is 12.7. The van der Waals surface area contributed by atoms with E-state index in [0.717, 1.165) is 12.8 Å². The van der Waals surface area contributed by atoms with Gasteiger partial charge in [-0.2, -0.15) is 34.8 Å². The van der Waals surface area contributed by atoms with Gasteiger partial charge in [-0.15, -0.1) is 0 Å². The molecule has 0 saturated heterocycles. The third-order valence-electron chi connectivity index (χ3n) is 6.68. The maximum absolute atomic E-state index is 14.1. The number of alkyl halides is 6. The fourth-order valence-electron chi connectivity index (χ4n) is 4.39. The Morgan fingerprint density at radius 2 is 1.42 bits per heavy atom. The second-order valence-electron chi connectivity index (χ2n) is 8.93. The van der Waals surface area contributed by atoms with Gasteiger partial charge in [0.25, 0.3) is 0 Å². The predicted octanol–water partition coefficient (Wildman–Crippen LogP) is 3.48. The third-order valence-corrected chi connectivity index (χ3v) is 9.90. The van der Waals surface area contributed by atoms with Gasteiger partial charge in [-0.3, -0.25) is 9.35 Å². The van der Waals surface area contributed by atoms with Gasteiger partial charge in [-0.25, -0.2) is 13.2 Å². The first-order chi connectivity index (χ1) is 16.3. The van der Waals surface area contributed by atoms with Gasteiger partial charge in [0.1, 0.15) is 5.60 Å². The summed E-state index contributed by atoms with van der Waals surface area (Å²) in [5.74, 6) is -9.90. The SMILES string of the molecule is CCC1(OC(=O)COC(=O)C2CCC(S(=O)(=O)C(F)(F)C(F)(F)C(F)(F)S(=O)(=O)O)CC2)CCCC1. The lowest BCUT2D eigenvalue weighted by Crippen LogP contribution is -2.62. The lowest BCUT2D eigenvalue weighted by atomic mass is 9.89. The molecule has 0 heterocycles. The van der Waals surface area contributed by atoms with E-state index in [9.17, 15) is 52.8 Å². The minimum atomic E-state index is -7.11. The Morgan fingerprint density at radius 3 is 1.86 bits per heavy atom. The van der Waals surface area contributed by atoms with Gasteiger partial charge in [0.15, 0.2) is 6.61 Å². The van der Waals surface area contributed by atoms with Gasteiger partial charge in [0.05, 0.1) is 11.2 Å². The lowest BCUT2D eigenvalue weighted by Gasteiger charge is -2.34. The van der Waals surface area contributed by atoms with Crippen LogP contribution in [0.3, 0.4) is 0 Å². The van der Waals surface area contributed by atoms with E-state index in [1.807, 2.05) is 6.92 Å².